The van der Waals surface area contributed by atoms with Crippen LogP contribution in [-0.4, -0.2) is 32.5 Å². The van der Waals surface area contributed by atoms with E-state index in [-0.39, 0.29) is 0 Å². The predicted molar refractivity (Wildman–Crippen MR) is 76.8 cm³/mol. The lowest BCUT2D eigenvalue weighted by molar-refractivity contribution is 0.0485. The fourth-order valence-corrected chi connectivity index (χ4v) is 3.17. The SMILES string of the molecule is CCc1nn(C)c2c1[nH]c(=S)n2CC1CCCOC1. The molecule has 6 heteroatoms. The van der Waals surface area contributed by atoms with E-state index in [1.807, 2.05) is 11.7 Å². The highest BCUT2D eigenvalue weighted by Crippen LogP contribution is 2.22. The number of nitrogens with one attached hydrogen (secondary N) is 1. The zero-order valence-electron chi connectivity index (χ0n) is 11.5. The number of rotatable bonds is 3. The van der Waals surface area contributed by atoms with Crippen molar-refractivity contribution in [2.45, 2.75) is 32.7 Å². The monoisotopic (exact) mass is 280 g/mol. The number of imidazole rings is 1. The maximum Gasteiger partial charge on any atom is 0.179 e. The van der Waals surface area contributed by atoms with Crippen LogP contribution < -0.4 is 0 Å². The minimum Gasteiger partial charge on any atom is -0.381 e. The molecule has 0 amide bonds. The topological polar surface area (TPSA) is 47.8 Å². The quantitative estimate of drug-likeness (QED) is 0.878. The Morgan fingerprint density at radius 1 is 1.53 bits per heavy atom. The van der Waals surface area contributed by atoms with Gasteiger partial charge in [-0.05, 0) is 31.5 Å². The molecule has 104 valence electrons. The van der Waals surface area contributed by atoms with Gasteiger partial charge in [0, 0.05) is 26.1 Å². The van der Waals surface area contributed by atoms with Crippen LogP contribution in [0.25, 0.3) is 11.2 Å². The molecule has 1 fully saturated rings. The first-order valence-corrected chi connectivity index (χ1v) is 7.33. The van der Waals surface area contributed by atoms with E-state index in [0.717, 1.165) is 54.2 Å². The molecular formula is C13H20N4OS. The summed E-state index contributed by atoms with van der Waals surface area (Å²) in [4.78, 5) is 3.31. The van der Waals surface area contributed by atoms with E-state index in [1.165, 1.54) is 6.42 Å². The number of nitrogens with zero attached hydrogens (tertiary/aromatic N) is 3. The van der Waals surface area contributed by atoms with Gasteiger partial charge in [-0.1, -0.05) is 6.92 Å². The Morgan fingerprint density at radius 2 is 2.37 bits per heavy atom. The van der Waals surface area contributed by atoms with Crippen LogP contribution in [0.5, 0.6) is 0 Å². The van der Waals surface area contributed by atoms with Crippen LogP contribution in [0.3, 0.4) is 0 Å². The standard InChI is InChI=1S/C13H20N4OS/c1-3-10-11-12(16(2)15-10)17(13(19)14-11)7-9-5-4-6-18-8-9/h9H,3-8H2,1-2H3,(H,14,19). The summed E-state index contributed by atoms with van der Waals surface area (Å²) in [5.74, 6) is 0.555. The molecule has 0 aliphatic carbocycles. The van der Waals surface area contributed by atoms with Crippen molar-refractivity contribution in [2.75, 3.05) is 13.2 Å². The Hall–Kier alpha value is -1.14. The summed E-state index contributed by atoms with van der Waals surface area (Å²) < 4.78 is 10.5. The Labute approximate surface area is 117 Å². The summed E-state index contributed by atoms with van der Waals surface area (Å²) in [7, 11) is 1.98. The lowest BCUT2D eigenvalue weighted by atomic mass is 10.0. The van der Waals surface area contributed by atoms with Crippen LogP contribution >= 0.6 is 12.2 Å². The molecule has 1 saturated heterocycles. The zero-order chi connectivity index (χ0) is 13.4. The van der Waals surface area contributed by atoms with Crippen molar-refractivity contribution in [1.82, 2.24) is 19.3 Å². The van der Waals surface area contributed by atoms with Crippen molar-refractivity contribution < 1.29 is 4.74 Å². The number of aromatic amines is 1. The molecule has 1 aliphatic heterocycles. The minimum atomic E-state index is 0.555. The van der Waals surface area contributed by atoms with Gasteiger partial charge in [0.1, 0.15) is 5.52 Å². The van der Waals surface area contributed by atoms with E-state index in [0.29, 0.717) is 5.92 Å². The largest absolute Gasteiger partial charge is 0.381 e. The third-order valence-electron chi connectivity index (χ3n) is 3.85. The fraction of sp³-hybridized carbons (Fsp3) is 0.692. The Kier molecular flexibility index (Phi) is 3.45. The lowest BCUT2D eigenvalue weighted by Crippen LogP contribution is -2.22. The van der Waals surface area contributed by atoms with Gasteiger partial charge >= 0.3 is 0 Å². The van der Waals surface area contributed by atoms with Crippen molar-refractivity contribution in [3.05, 3.63) is 10.5 Å². The normalized spacial score (nSPS) is 20.2. The van der Waals surface area contributed by atoms with Crippen LogP contribution in [0, 0.1) is 10.7 Å². The highest BCUT2D eigenvalue weighted by molar-refractivity contribution is 7.71. The van der Waals surface area contributed by atoms with E-state index >= 15 is 0 Å². The van der Waals surface area contributed by atoms with Crippen molar-refractivity contribution in [3.8, 4) is 0 Å². The number of aromatic nitrogens is 4. The lowest BCUT2D eigenvalue weighted by Gasteiger charge is -2.22. The Bertz CT molecular complexity index is 633. The number of hydrogen-bond donors (Lipinski definition) is 1. The summed E-state index contributed by atoms with van der Waals surface area (Å²) in [6.45, 7) is 4.77. The fourth-order valence-electron chi connectivity index (χ4n) is 2.90. The van der Waals surface area contributed by atoms with E-state index in [9.17, 15) is 0 Å². The van der Waals surface area contributed by atoms with Gasteiger partial charge in [-0.15, -0.1) is 0 Å². The van der Waals surface area contributed by atoms with Crippen molar-refractivity contribution in [1.29, 1.82) is 0 Å². The number of fused-ring (bicyclic) bond motifs is 1. The maximum absolute atomic E-state index is 5.56. The number of ether oxygens (including phenoxy) is 1. The molecule has 19 heavy (non-hydrogen) atoms. The van der Waals surface area contributed by atoms with Gasteiger partial charge in [0.2, 0.25) is 0 Å². The number of hydrogen-bond acceptors (Lipinski definition) is 3. The molecular weight excluding hydrogens is 260 g/mol. The molecule has 1 unspecified atom stereocenters. The second-order valence-electron chi connectivity index (χ2n) is 5.25. The molecule has 1 atom stereocenters. The van der Waals surface area contributed by atoms with Crippen LogP contribution in [0.15, 0.2) is 0 Å². The summed E-state index contributed by atoms with van der Waals surface area (Å²) in [5, 5.41) is 4.55. The smallest absolute Gasteiger partial charge is 0.179 e. The van der Waals surface area contributed by atoms with Gasteiger partial charge in [0.15, 0.2) is 10.4 Å². The molecule has 3 heterocycles. The van der Waals surface area contributed by atoms with Gasteiger partial charge < -0.3 is 14.3 Å². The summed E-state index contributed by atoms with van der Waals surface area (Å²) >= 11 is 5.47. The molecule has 0 aromatic carbocycles. The molecule has 0 spiro atoms. The van der Waals surface area contributed by atoms with Gasteiger partial charge in [0.25, 0.3) is 0 Å². The number of H-pyrrole nitrogens is 1. The van der Waals surface area contributed by atoms with Crippen LogP contribution in [0.2, 0.25) is 0 Å². The van der Waals surface area contributed by atoms with Gasteiger partial charge in [-0.3, -0.25) is 4.68 Å². The summed E-state index contributed by atoms with van der Waals surface area (Å²) in [5.41, 5.74) is 3.28. The second kappa shape index (κ2) is 5.09. The molecule has 1 N–H and O–H groups in total. The highest BCUT2D eigenvalue weighted by Gasteiger charge is 2.19. The summed E-state index contributed by atoms with van der Waals surface area (Å²) in [6.07, 6.45) is 3.28. The molecule has 5 nitrogen and oxygen atoms in total. The van der Waals surface area contributed by atoms with E-state index < -0.39 is 0 Å². The second-order valence-corrected chi connectivity index (χ2v) is 5.63. The average Bonchev–Trinajstić information content (AvgIpc) is 2.90. The van der Waals surface area contributed by atoms with Crippen LogP contribution in [0.4, 0.5) is 0 Å². The van der Waals surface area contributed by atoms with Gasteiger partial charge in [-0.2, -0.15) is 5.10 Å². The zero-order valence-corrected chi connectivity index (χ0v) is 12.3. The highest BCUT2D eigenvalue weighted by atomic mass is 32.1. The molecule has 3 rings (SSSR count). The molecule has 1 aliphatic rings. The van der Waals surface area contributed by atoms with Crippen molar-refractivity contribution in [3.63, 3.8) is 0 Å². The number of aryl methyl sites for hydroxylation is 2. The van der Waals surface area contributed by atoms with E-state index in [2.05, 4.69) is 21.6 Å². The molecule has 0 saturated carbocycles. The first-order chi connectivity index (χ1) is 9.20. The molecule has 0 bridgehead atoms. The third-order valence-corrected chi connectivity index (χ3v) is 4.17. The predicted octanol–water partition coefficient (Wildman–Crippen LogP) is 2.42. The van der Waals surface area contributed by atoms with E-state index in [1.54, 1.807) is 0 Å². The average molecular weight is 280 g/mol. The Morgan fingerprint density at radius 3 is 3.05 bits per heavy atom. The Balaban J connectivity index is 2.00. The van der Waals surface area contributed by atoms with E-state index in [4.69, 9.17) is 17.0 Å². The maximum atomic E-state index is 5.56. The van der Waals surface area contributed by atoms with Crippen molar-refractivity contribution in [2.24, 2.45) is 13.0 Å². The third kappa shape index (κ3) is 2.23. The van der Waals surface area contributed by atoms with Gasteiger partial charge in [-0.25, -0.2) is 0 Å². The summed E-state index contributed by atoms with van der Waals surface area (Å²) in [6, 6.07) is 0. The van der Waals surface area contributed by atoms with Crippen LogP contribution in [0.1, 0.15) is 25.5 Å². The van der Waals surface area contributed by atoms with Crippen LogP contribution in [-0.2, 0) is 24.8 Å². The van der Waals surface area contributed by atoms with Crippen molar-refractivity contribution >= 4 is 23.4 Å². The first kappa shape index (κ1) is 12.9. The van der Waals surface area contributed by atoms with Gasteiger partial charge in [0.05, 0.1) is 12.3 Å². The molecule has 0 radical (unpaired) electrons. The first-order valence-electron chi connectivity index (χ1n) is 6.92. The minimum absolute atomic E-state index is 0.555. The molecule has 2 aromatic heterocycles. The molecule has 2 aromatic rings.